The summed E-state index contributed by atoms with van der Waals surface area (Å²) < 4.78 is 16.5. The summed E-state index contributed by atoms with van der Waals surface area (Å²) in [5.74, 6) is 2.05. The molecule has 1 aliphatic rings. The number of ether oxygens (including phenoxy) is 3. The average molecular weight is 314 g/mol. The van der Waals surface area contributed by atoms with Gasteiger partial charge < -0.3 is 14.2 Å². The first-order valence-corrected chi connectivity index (χ1v) is 7.23. The molecule has 5 heteroatoms. The summed E-state index contributed by atoms with van der Waals surface area (Å²) in [7, 11) is 0. The number of pyridine rings is 1. The van der Waals surface area contributed by atoms with E-state index in [2.05, 4.69) is 4.98 Å². The van der Waals surface area contributed by atoms with Crippen molar-refractivity contribution in [2.45, 2.75) is 6.61 Å². The molecule has 0 saturated heterocycles. The van der Waals surface area contributed by atoms with Gasteiger partial charge in [-0.2, -0.15) is 0 Å². The molecule has 0 amide bonds. The van der Waals surface area contributed by atoms with Crippen molar-refractivity contribution in [1.29, 1.82) is 0 Å². The summed E-state index contributed by atoms with van der Waals surface area (Å²) in [4.78, 5) is 4.29. The summed E-state index contributed by atoms with van der Waals surface area (Å²) in [5.41, 5.74) is 1.88. The second kappa shape index (κ2) is 5.39. The molecule has 4 rings (SSSR count). The molecule has 1 aliphatic heterocycles. The fourth-order valence-electron chi connectivity index (χ4n) is 2.41. The second-order valence-electron chi connectivity index (χ2n) is 4.96. The second-order valence-corrected chi connectivity index (χ2v) is 5.37. The van der Waals surface area contributed by atoms with Gasteiger partial charge in [-0.25, -0.2) is 0 Å². The maximum Gasteiger partial charge on any atom is 0.231 e. The maximum absolute atomic E-state index is 6.17. The van der Waals surface area contributed by atoms with Gasteiger partial charge in [-0.15, -0.1) is 0 Å². The van der Waals surface area contributed by atoms with E-state index in [0.29, 0.717) is 23.1 Å². The Labute approximate surface area is 132 Å². The van der Waals surface area contributed by atoms with E-state index in [9.17, 15) is 0 Å². The highest BCUT2D eigenvalue weighted by atomic mass is 35.5. The molecule has 2 aromatic carbocycles. The number of aromatic nitrogens is 1. The first kappa shape index (κ1) is 13.2. The van der Waals surface area contributed by atoms with E-state index < -0.39 is 0 Å². The SMILES string of the molecule is Clc1cc(COc2ccc3ncccc3c2)cc2c1OCO2. The Bertz CT molecular complexity index is 850. The highest BCUT2D eigenvalue weighted by molar-refractivity contribution is 6.32. The van der Waals surface area contributed by atoms with E-state index >= 15 is 0 Å². The zero-order chi connectivity index (χ0) is 14.9. The molecule has 110 valence electrons. The summed E-state index contributed by atoms with van der Waals surface area (Å²) >= 11 is 6.17. The van der Waals surface area contributed by atoms with Gasteiger partial charge in [0.1, 0.15) is 12.4 Å². The largest absolute Gasteiger partial charge is 0.489 e. The molecule has 3 aromatic rings. The zero-order valence-corrected chi connectivity index (χ0v) is 12.3. The maximum atomic E-state index is 6.17. The van der Waals surface area contributed by atoms with Crippen LogP contribution in [0.2, 0.25) is 5.02 Å². The molecule has 4 nitrogen and oxygen atoms in total. The molecule has 0 atom stereocenters. The van der Waals surface area contributed by atoms with E-state index in [0.717, 1.165) is 22.2 Å². The normalized spacial score (nSPS) is 12.6. The van der Waals surface area contributed by atoms with Crippen LogP contribution in [0.15, 0.2) is 48.7 Å². The van der Waals surface area contributed by atoms with Gasteiger partial charge in [0.2, 0.25) is 6.79 Å². The van der Waals surface area contributed by atoms with Gasteiger partial charge in [-0.05, 0) is 42.0 Å². The van der Waals surface area contributed by atoms with E-state index in [1.54, 1.807) is 6.20 Å². The lowest BCUT2D eigenvalue weighted by Crippen LogP contribution is -1.96. The molecule has 22 heavy (non-hydrogen) atoms. The zero-order valence-electron chi connectivity index (χ0n) is 11.6. The highest BCUT2D eigenvalue weighted by Crippen LogP contribution is 2.40. The average Bonchev–Trinajstić information content (AvgIpc) is 3.02. The van der Waals surface area contributed by atoms with Crippen LogP contribution in [0.3, 0.4) is 0 Å². The Kier molecular flexibility index (Phi) is 3.24. The van der Waals surface area contributed by atoms with Crippen molar-refractivity contribution in [2.75, 3.05) is 6.79 Å². The minimum atomic E-state index is 0.205. The van der Waals surface area contributed by atoms with E-state index in [-0.39, 0.29) is 6.79 Å². The number of benzene rings is 2. The predicted octanol–water partition coefficient (Wildman–Crippen LogP) is 4.20. The van der Waals surface area contributed by atoms with Gasteiger partial charge in [0.15, 0.2) is 11.5 Å². The summed E-state index contributed by atoms with van der Waals surface area (Å²) in [6.07, 6.45) is 1.78. The topological polar surface area (TPSA) is 40.6 Å². The third kappa shape index (κ3) is 2.42. The lowest BCUT2D eigenvalue weighted by atomic mass is 10.2. The van der Waals surface area contributed by atoms with E-state index in [1.807, 2.05) is 42.5 Å². The first-order chi connectivity index (χ1) is 10.8. The van der Waals surface area contributed by atoms with Crippen molar-refractivity contribution in [3.8, 4) is 17.2 Å². The quantitative estimate of drug-likeness (QED) is 0.726. The number of hydrogen-bond donors (Lipinski definition) is 0. The monoisotopic (exact) mass is 313 g/mol. The number of hydrogen-bond acceptors (Lipinski definition) is 4. The lowest BCUT2D eigenvalue weighted by molar-refractivity contribution is 0.174. The van der Waals surface area contributed by atoms with Crippen molar-refractivity contribution < 1.29 is 14.2 Å². The van der Waals surface area contributed by atoms with Crippen molar-refractivity contribution in [2.24, 2.45) is 0 Å². The van der Waals surface area contributed by atoms with Crippen LogP contribution >= 0.6 is 11.6 Å². The standard InChI is InChI=1S/C17H12ClNO3/c18-14-6-11(7-16-17(14)22-10-21-16)9-20-13-3-4-15-12(8-13)2-1-5-19-15/h1-8H,9-10H2. The molecule has 0 N–H and O–H groups in total. The summed E-state index contributed by atoms with van der Waals surface area (Å²) in [6, 6.07) is 13.4. The van der Waals surface area contributed by atoms with Crippen molar-refractivity contribution in [3.05, 3.63) is 59.2 Å². The van der Waals surface area contributed by atoms with Crippen molar-refractivity contribution in [1.82, 2.24) is 4.98 Å². The van der Waals surface area contributed by atoms with Crippen LogP contribution < -0.4 is 14.2 Å². The fraction of sp³-hybridized carbons (Fsp3) is 0.118. The molecule has 0 saturated carbocycles. The van der Waals surface area contributed by atoms with Gasteiger partial charge in [0.25, 0.3) is 0 Å². The molecular weight excluding hydrogens is 302 g/mol. The Morgan fingerprint density at radius 3 is 3.05 bits per heavy atom. The van der Waals surface area contributed by atoms with Crippen LogP contribution in [0.5, 0.6) is 17.2 Å². The van der Waals surface area contributed by atoms with Gasteiger partial charge >= 0.3 is 0 Å². The molecule has 0 spiro atoms. The van der Waals surface area contributed by atoms with Gasteiger partial charge in [-0.3, -0.25) is 4.98 Å². The molecular formula is C17H12ClNO3. The fourth-order valence-corrected chi connectivity index (χ4v) is 2.70. The minimum Gasteiger partial charge on any atom is -0.489 e. The number of halogens is 1. The van der Waals surface area contributed by atoms with Crippen LogP contribution in [0, 0.1) is 0 Å². The smallest absolute Gasteiger partial charge is 0.231 e. The van der Waals surface area contributed by atoms with Crippen LogP contribution in [-0.4, -0.2) is 11.8 Å². The molecule has 1 aromatic heterocycles. The molecule has 0 aliphatic carbocycles. The third-order valence-corrected chi connectivity index (χ3v) is 3.75. The van der Waals surface area contributed by atoms with Gasteiger partial charge in [-0.1, -0.05) is 17.7 Å². The molecule has 0 radical (unpaired) electrons. The molecule has 0 bridgehead atoms. The summed E-state index contributed by atoms with van der Waals surface area (Å²) in [6.45, 7) is 0.610. The lowest BCUT2D eigenvalue weighted by Gasteiger charge is -2.09. The number of rotatable bonds is 3. The van der Waals surface area contributed by atoms with E-state index in [4.69, 9.17) is 25.8 Å². The van der Waals surface area contributed by atoms with Gasteiger partial charge in [0.05, 0.1) is 10.5 Å². The highest BCUT2D eigenvalue weighted by Gasteiger charge is 2.18. The van der Waals surface area contributed by atoms with Crippen molar-refractivity contribution >= 4 is 22.5 Å². The Morgan fingerprint density at radius 2 is 2.09 bits per heavy atom. The van der Waals surface area contributed by atoms with E-state index in [1.165, 1.54) is 0 Å². The number of fused-ring (bicyclic) bond motifs is 2. The van der Waals surface area contributed by atoms with Crippen LogP contribution in [0.4, 0.5) is 0 Å². The first-order valence-electron chi connectivity index (χ1n) is 6.85. The Morgan fingerprint density at radius 1 is 1.14 bits per heavy atom. The molecule has 0 unspecified atom stereocenters. The Hall–Kier alpha value is -2.46. The van der Waals surface area contributed by atoms with Crippen LogP contribution in [0.25, 0.3) is 10.9 Å². The predicted molar refractivity (Wildman–Crippen MR) is 83.7 cm³/mol. The van der Waals surface area contributed by atoms with Gasteiger partial charge in [0, 0.05) is 11.6 Å². The van der Waals surface area contributed by atoms with Crippen molar-refractivity contribution in [3.63, 3.8) is 0 Å². The molecule has 0 fully saturated rings. The number of nitrogens with zero attached hydrogens (tertiary/aromatic N) is 1. The third-order valence-electron chi connectivity index (χ3n) is 3.47. The Balaban J connectivity index is 1.55. The molecule has 2 heterocycles. The summed E-state index contributed by atoms with van der Waals surface area (Å²) in [5, 5.41) is 1.58. The minimum absolute atomic E-state index is 0.205. The van der Waals surface area contributed by atoms with Crippen LogP contribution in [0.1, 0.15) is 5.56 Å². The van der Waals surface area contributed by atoms with Crippen LogP contribution in [-0.2, 0) is 6.61 Å².